The van der Waals surface area contributed by atoms with Crippen molar-refractivity contribution in [2.24, 2.45) is 11.7 Å². The molecule has 1 amide bonds. The molecule has 2 aromatic carbocycles. The first-order chi connectivity index (χ1) is 17.4. The summed E-state index contributed by atoms with van der Waals surface area (Å²) in [5.41, 5.74) is 7.77. The lowest BCUT2D eigenvalue weighted by molar-refractivity contribution is -0.147. The Balaban J connectivity index is 0.00000481. The highest BCUT2D eigenvalue weighted by atomic mass is 35.5. The van der Waals surface area contributed by atoms with Crippen molar-refractivity contribution in [1.29, 1.82) is 5.26 Å². The number of anilines is 1. The molecule has 3 rings (SSSR count). The Hall–Kier alpha value is -3.12. The van der Waals surface area contributed by atoms with Gasteiger partial charge in [0.05, 0.1) is 13.2 Å². The number of hydrogen-bond donors (Lipinski definition) is 2. The van der Waals surface area contributed by atoms with Crippen molar-refractivity contribution in [2.75, 3.05) is 44.4 Å². The number of piperidine rings is 1. The Labute approximate surface area is 225 Å². The lowest BCUT2D eigenvalue weighted by Crippen LogP contribution is -2.37. The molecule has 200 valence electrons. The van der Waals surface area contributed by atoms with Gasteiger partial charge in [0.2, 0.25) is 0 Å². The molecule has 1 atom stereocenters. The number of halogens is 1. The van der Waals surface area contributed by atoms with Crippen molar-refractivity contribution < 1.29 is 19.1 Å². The van der Waals surface area contributed by atoms with E-state index in [1.54, 1.807) is 6.08 Å². The van der Waals surface area contributed by atoms with Crippen LogP contribution in [0.15, 0.2) is 42.0 Å². The summed E-state index contributed by atoms with van der Waals surface area (Å²) in [6.45, 7) is 6.64. The third kappa shape index (κ3) is 9.04. The molecule has 0 unspecified atom stereocenters. The molecule has 1 aliphatic rings. The summed E-state index contributed by atoms with van der Waals surface area (Å²) in [6, 6.07) is 13.7. The number of carbonyl (C=O) groups is 2. The van der Waals surface area contributed by atoms with E-state index < -0.39 is 17.9 Å². The van der Waals surface area contributed by atoms with Crippen LogP contribution in [-0.4, -0.2) is 57.4 Å². The second kappa shape index (κ2) is 15.2. The van der Waals surface area contributed by atoms with Crippen molar-refractivity contribution in [3.8, 4) is 6.07 Å². The van der Waals surface area contributed by atoms with Gasteiger partial charge in [-0.25, -0.2) is 0 Å². The average Bonchev–Trinajstić information content (AvgIpc) is 2.90. The molecule has 0 radical (unpaired) electrons. The lowest BCUT2D eigenvalue weighted by atomic mass is 10.0. The molecule has 1 heterocycles. The molecule has 0 aliphatic carbocycles. The second-order valence-electron chi connectivity index (χ2n) is 9.31. The van der Waals surface area contributed by atoms with Crippen LogP contribution in [0.4, 0.5) is 5.69 Å². The normalized spacial score (nSPS) is 14.6. The van der Waals surface area contributed by atoms with E-state index in [2.05, 4.69) is 28.4 Å². The average molecular weight is 529 g/mol. The molecule has 3 N–H and O–H groups in total. The number of nitriles is 1. The summed E-state index contributed by atoms with van der Waals surface area (Å²) in [6.07, 6.45) is 5.35. The van der Waals surface area contributed by atoms with Gasteiger partial charge in [-0.2, -0.15) is 5.26 Å². The number of nitrogens with zero attached hydrogens (tertiary/aromatic N) is 2. The number of carbonyl (C=O) groups excluding carboxylic acids is 2. The molecule has 0 saturated carbocycles. The van der Waals surface area contributed by atoms with Crippen molar-refractivity contribution in [3.05, 3.63) is 47.5 Å². The SMILES string of the molecule is CC(C)[C@H](N)C(=O)OCCOCCNC(=O)/C(C#N)=C/c1ccc2cc(N3CCCCC3)ccc2c1.Cl. The summed E-state index contributed by atoms with van der Waals surface area (Å²) >= 11 is 0. The van der Waals surface area contributed by atoms with E-state index in [0.29, 0.717) is 0 Å². The molecule has 37 heavy (non-hydrogen) atoms. The van der Waals surface area contributed by atoms with Crippen LogP contribution in [0.2, 0.25) is 0 Å². The van der Waals surface area contributed by atoms with Crippen LogP contribution in [-0.2, 0) is 19.1 Å². The predicted molar refractivity (Wildman–Crippen MR) is 148 cm³/mol. The summed E-state index contributed by atoms with van der Waals surface area (Å²) < 4.78 is 10.4. The number of amides is 1. The van der Waals surface area contributed by atoms with Crippen LogP contribution < -0.4 is 16.0 Å². The van der Waals surface area contributed by atoms with Crippen molar-refractivity contribution in [2.45, 2.75) is 39.2 Å². The van der Waals surface area contributed by atoms with Crippen LogP contribution in [0.3, 0.4) is 0 Å². The molecule has 0 spiro atoms. The molecule has 0 aromatic heterocycles. The van der Waals surface area contributed by atoms with E-state index >= 15 is 0 Å². The highest BCUT2D eigenvalue weighted by molar-refractivity contribution is 6.02. The number of rotatable bonds is 11. The standard InChI is InChI=1S/C28H36N4O4.ClH/c1-20(2)26(30)28(34)36-15-14-35-13-10-31-27(33)24(19-29)17-21-6-7-23-18-25(9-8-22(23)16-21)32-11-4-3-5-12-32;/h6-9,16-18,20,26H,3-5,10-15,30H2,1-2H3,(H,31,33);1H/b24-17+;/t26-;/m0./s1. The van der Waals surface area contributed by atoms with E-state index in [1.165, 1.54) is 24.9 Å². The maximum absolute atomic E-state index is 12.4. The molecule has 9 heteroatoms. The fourth-order valence-electron chi connectivity index (χ4n) is 4.01. The third-order valence-corrected chi connectivity index (χ3v) is 6.24. The molecule has 8 nitrogen and oxygen atoms in total. The number of hydrogen-bond acceptors (Lipinski definition) is 7. The van der Waals surface area contributed by atoms with Crippen LogP contribution in [0.5, 0.6) is 0 Å². The van der Waals surface area contributed by atoms with Gasteiger partial charge in [0.15, 0.2) is 0 Å². The fourth-order valence-corrected chi connectivity index (χ4v) is 4.01. The van der Waals surface area contributed by atoms with Crippen LogP contribution in [0, 0.1) is 17.2 Å². The predicted octanol–water partition coefficient (Wildman–Crippen LogP) is 3.82. The minimum atomic E-state index is -0.653. The first-order valence-electron chi connectivity index (χ1n) is 12.6. The van der Waals surface area contributed by atoms with Gasteiger partial charge in [0.25, 0.3) is 5.91 Å². The largest absolute Gasteiger partial charge is 0.462 e. The molecular formula is C28H37ClN4O4. The van der Waals surface area contributed by atoms with Crippen molar-refractivity contribution >= 4 is 46.8 Å². The van der Waals surface area contributed by atoms with Gasteiger partial charge >= 0.3 is 5.97 Å². The van der Waals surface area contributed by atoms with E-state index in [4.69, 9.17) is 15.2 Å². The van der Waals surface area contributed by atoms with Gasteiger partial charge < -0.3 is 25.4 Å². The third-order valence-electron chi connectivity index (χ3n) is 6.24. The van der Waals surface area contributed by atoms with Crippen LogP contribution >= 0.6 is 12.4 Å². The van der Waals surface area contributed by atoms with Gasteiger partial charge in [-0.15, -0.1) is 12.4 Å². The second-order valence-corrected chi connectivity index (χ2v) is 9.31. The molecule has 1 aliphatic heterocycles. The molecular weight excluding hydrogens is 492 g/mol. The highest BCUT2D eigenvalue weighted by Crippen LogP contribution is 2.26. The Morgan fingerprint density at radius 3 is 2.49 bits per heavy atom. The zero-order valence-corrected chi connectivity index (χ0v) is 22.4. The minimum Gasteiger partial charge on any atom is -0.462 e. The number of ether oxygens (including phenoxy) is 2. The molecule has 1 saturated heterocycles. The van der Waals surface area contributed by atoms with Gasteiger partial charge in [0, 0.05) is 25.3 Å². The summed E-state index contributed by atoms with van der Waals surface area (Å²) in [5.74, 6) is -0.916. The highest BCUT2D eigenvalue weighted by Gasteiger charge is 2.18. The number of benzene rings is 2. The van der Waals surface area contributed by atoms with Crippen molar-refractivity contribution in [3.63, 3.8) is 0 Å². The molecule has 2 aromatic rings. The smallest absolute Gasteiger partial charge is 0.323 e. The van der Waals surface area contributed by atoms with Gasteiger partial charge in [0.1, 0.15) is 24.3 Å². The number of esters is 1. The van der Waals surface area contributed by atoms with E-state index in [9.17, 15) is 14.9 Å². The Morgan fingerprint density at radius 1 is 1.08 bits per heavy atom. The van der Waals surface area contributed by atoms with Gasteiger partial charge in [-0.3, -0.25) is 9.59 Å². The van der Waals surface area contributed by atoms with Gasteiger partial charge in [-0.05, 0) is 65.8 Å². The summed E-state index contributed by atoms with van der Waals surface area (Å²) in [7, 11) is 0. The number of nitrogens with two attached hydrogens (primary N) is 1. The van der Waals surface area contributed by atoms with E-state index in [0.717, 1.165) is 29.4 Å². The summed E-state index contributed by atoms with van der Waals surface area (Å²) in [4.78, 5) is 26.5. The first-order valence-corrected chi connectivity index (χ1v) is 12.6. The van der Waals surface area contributed by atoms with E-state index in [1.807, 2.05) is 38.1 Å². The van der Waals surface area contributed by atoms with Crippen LogP contribution in [0.1, 0.15) is 38.7 Å². The Bertz CT molecular complexity index is 1120. The maximum atomic E-state index is 12.4. The number of fused-ring (bicyclic) bond motifs is 1. The quantitative estimate of drug-likeness (QED) is 0.197. The number of nitrogens with one attached hydrogen (secondary N) is 1. The zero-order valence-electron chi connectivity index (χ0n) is 21.6. The zero-order chi connectivity index (χ0) is 25.9. The monoisotopic (exact) mass is 528 g/mol. The summed E-state index contributed by atoms with van der Waals surface area (Å²) in [5, 5.41) is 14.4. The van der Waals surface area contributed by atoms with E-state index in [-0.39, 0.29) is 50.3 Å². The maximum Gasteiger partial charge on any atom is 0.323 e. The molecule has 0 bridgehead atoms. The Morgan fingerprint density at radius 2 is 1.78 bits per heavy atom. The minimum absolute atomic E-state index is 0. The fraction of sp³-hybridized carbons (Fsp3) is 0.464. The van der Waals surface area contributed by atoms with Crippen LogP contribution in [0.25, 0.3) is 16.8 Å². The first kappa shape index (κ1) is 30.1. The Kier molecular flexibility index (Phi) is 12.4. The lowest BCUT2D eigenvalue weighted by Gasteiger charge is -2.29. The van der Waals surface area contributed by atoms with Gasteiger partial charge in [-0.1, -0.05) is 32.0 Å². The topological polar surface area (TPSA) is 118 Å². The molecule has 1 fully saturated rings. The van der Waals surface area contributed by atoms with Crippen molar-refractivity contribution in [1.82, 2.24) is 5.32 Å².